The van der Waals surface area contributed by atoms with Crippen molar-refractivity contribution in [2.24, 2.45) is 4.99 Å². The van der Waals surface area contributed by atoms with Gasteiger partial charge in [0, 0.05) is 47.7 Å². The topological polar surface area (TPSA) is 96.1 Å². The molecule has 0 saturated carbocycles. The molecule has 0 unspecified atom stereocenters. The number of nitro groups is 1. The van der Waals surface area contributed by atoms with Crippen LogP contribution in [0, 0.1) is 10.1 Å². The fourth-order valence-corrected chi connectivity index (χ4v) is 7.60. The number of thioether (sulfide) groups is 1. The van der Waals surface area contributed by atoms with Crippen molar-refractivity contribution in [3.63, 3.8) is 0 Å². The number of benzene rings is 5. The van der Waals surface area contributed by atoms with Crippen LogP contribution in [0.4, 0.5) is 22.7 Å². The van der Waals surface area contributed by atoms with E-state index in [2.05, 4.69) is 9.80 Å². The number of carbonyl (C=O) groups excluding carboxylic acids is 2. The molecule has 5 aromatic carbocycles. The highest BCUT2D eigenvalue weighted by Crippen LogP contribution is 2.54. The molecular formula is C38H28N4O4S. The molecule has 0 bridgehead atoms. The Balaban J connectivity index is 1.56. The van der Waals surface area contributed by atoms with Gasteiger partial charge >= 0.3 is 0 Å². The van der Waals surface area contributed by atoms with Gasteiger partial charge in [0.1, 0.15) is 5.04 Å². The predicted molar refractivity (Wildman–Crippen MR) is 187 cm³/mol. The molecule has 5 aromatic rings. The van der Waals surface area contributed by atoms with Crippen LogP contribution in [0.1, 0.15) is 20.7 Å². The Labute approximate surface area is 275 Å². The molecule has 7 rings (SSSR count). The first kappa shape index (κ1) is 29.9. The lowest BCUT2D eigenvalue weighted by atomic mass is 9.87. The SMILES string of the molecule is O=C(C1=C(C(=O)c2ccccc2)C2(C(=Nc3ccc([N+](=O)[O-])cc3)S1)N(c1ccccc1)CCN2c1ccccc1)c1ccccc1. The Morgan fingerprint density at radius 3 is 1.55 bits per heavy atom. The Kier molecular flexibility index (Phi) is 7.97. The van der Waals surface area contributed by atoms with E-state index in [-0.39, 0.29) is 22.2 Å². The average molecular weight is 637 g/mol. The van der Waals surface area contributed by atoms with Crippen molar-refractivity contribution >= 4 is 51.1 Å². The lowest BCUT2D eigenvalue weighted by molar-refractivity contribution is -0.384. The molecule has 0 radical (unpaired) electrons. The maximum absolute atomic E-state index is 15.0. The molecule has 2 aliphatic rings. The second kappa shape index (κ2) is 12.5. The highest BCUT2D eigenvalue weighted by atomic mass is 32.2. The lowest BCUT2D eigenvalue weighted by Gasteiger charge is -2.44. The number of Topliss-reactive ketones (excluding diaryl/α,β-unsaturated/α-hetero) is 2. The monoisotopic (exact) mass is 636 g/mol. The highest BCUT2D eigenvalue weighted by Gasteiger charge is 2.62. The molecule has 9 heteroatoms. The first-order valence-electron chi connectivity index (χ1n) is 15.1. The van der Waals surface area contributed by atoms with E-state index >= 15 is 4.79 Å². The van der Waals surface area contributed by atoms with E-state index in [9.17, 15) is 14.9 Å². The van der Waals surface area contributed by atoms with Crippen LogP contribution in [0.5, 0.6) is 0 Å². The third kappa shape index (κ3) is 5.30. The molecule has 8 nitrogen and oxygen atoms in total. The van der Waals surface area contributed by atoms with Crippen LogP contribution in [0.3, 0.4) is 0 Å². The van der Waals surface area contributed by atoms with Gasteiger partial charge in [-0.2, -0.15) is 0 Å². The van der Waals surface area contributed by atoms with Crippen LogP contribution in [-0.4, -0.2) is 40.3 Å². The van der Waals surface area contributed by atoms with Gasteiger partial charge in [-0.05, 0) is 36.4 Å². The van der Waals surface area contributed by atoms with E-state index in [0.717, 1.165) is 11.4 Å². The Morgan fingerprint density at radius 2 is 1.09 bits per heavy atom. The summed E-state index contributed by atoms with van der Waals surface area (Å²) in [4.78, 5) is 50.3. The normalized spacial score (nSPS) is 16.2. The van der Waals surface area contributed by atoms with Gasteiger partial charge in [0.2, 0.25) is 0 Å². The number of carbonyl (C=O) groups is 2. The zero-order valence-corrected chi connectivity index (χ0v) is 25.9. The fraction of sp³-hybridized carbons (Fsp3) is 0.0789. The quantitative estimate of drug-likeness (QED) is 0.0964. The van der Waals surface area contributed by atoms with Crippen LogP contribution in [-0.2, 0) is 0 Å². The standard InChI is InChI=1S/C38H28N4O4S/c43-34(27-13-5-1-6-14-27)33-36(35(44)28-15-7-2-8-16-28)47-37(39-29-21-23-32(24-22-29)42(45)46)38(33)40(30-17-9-3-10-18-30)25-26-41(38)31-19-11-4-12-20-31/h1-24H,25-26H2. The van der Waals surface area contributed by atoms with Crippen LogP contribution in [0.25, 0.3) is 0 Å². The minimum atomic E-state index is -1.33. The van der Waals surface area contributed by atoms with Crippen molar-refractivity contribution < 1.29 is 14.5 Å². The summed E-state index contributed by atoms with van der Waals surface area (Å²) >= 11 is 1.19. The van der Waals surface area contributed by atoms with Crippen LogP contribution in [0.15, 0.2) is 161 Å². The summed E-state index contributed by atoms with van der Waals surface area (Å²) in [5.41, 5.74) is 2.00. The van der Waals surface area contributed by atoms with Gasteiger partial charge in [-0.25, -0.2) is 4.99 Å². The van der Waals surface area contributed by atoms with Crippen molar-refractivity contribution in [1.29, 1.82) is 0 Å². The van der Waals surface area contributed by atoms with Gasteiger partial charge in [-0.15, -0.1) is 0 Å². The third-order valence-corrected chi connectivity index (χ3v) is 9.50. The number of non-ortho nitro benzene ring substituents is 1. The van der Waals surface area contributed by atoms with E-state index in [4.69, 9.17) is 4.99 Å². The minimum absolute atomic E-state index is 0.0570. The molecule has 2 aliphatic heterocycles. The zero-order chi connectivity index (χ0) is 32.4. The maximum Gasteiger partial charge on any atom is 0.269 e. The number of anilines is 2. The molecule has 0 amide bonds. The van der Waals surface area contributed by atoms with Crippen LogP contribution in [0.2, 0.25) is 0 Å². The van der Waals surface area contributed by atoms with Gasteiger partial charge in [-0.1, -0.05) is 109 Å². The van der Waals surface area contributed by atoms with Gasteiger partial charge in [0.05, 0.1) is 21.1 Å². The molecule has 1 spiro atoms. The van der Waals surface area contributed by atoms with Gasteiger partial charge < -0.3 is 9.80 Å². The van der Waals surface area contributed by atoms with Crippen molar-refractivity contribution in [3.8, 4) is 0 Å². The predicted octanol–water partition coefficient (Wildman–Crippen LogP) is 8.11. The molecule has 1 saturated heterocycles. The molecule has 0 aliphatic carbocycles. The number of nitro benzene ring substituents is 1. The molecule has 0 aromatic heterocycles. The van der Waals surface area contributed by atoms with Crippen molar-refractivity contribution in [2.75, 3.05) is 22.9 Å². The Morgan fingerprint density at radius 1 is 0.638 bits per heavy atom. The lowest BCUT2D eigenvalue weighted by Crippen LogP contribution is -2.60. The second-order valence-corrected chi connectivity index (χ2v) is 12.0. The van der Waals surface area contributed by atoms with E-state index in [0.29, 0.717) is 40.5 Å². The second-order valence-electron chi connectivity index (χ2n) is 11.0. The highest BCUT2D eigenvalue weighted by molar-refractivity contribution is 8.18. The van der Waals surface area contributed by atoms with E-state index < -0.39 is 10.6 Å². The van der Waals surface area contributed by atoms with Crippen molar-refractivity contribution in [1.82, 2.24) is 0 Å². The maximum atomic E-state index is 15.0. The summed E-state index contributed by atoms with van der Waals surface area (Å²) in [5.74, 6) is -0.564. The molecule has 2 heterocycles. The largest absolute Gasteiger partial charge is 0.337 e. The molecule has 0 atom stereocenters. The molecular weight excluding hydrogens is 609 g/mol. The summed E-state index contributed by atoms with van der Waals surface area (Å²) in [6.45, 7) is 1.05. The number of allylic oxidation sites excluding steroid dienone is 1. The third-order valence-electron chi connectivity index (χ3n) is 8.33. The van der Waals surface area contributed by atoms with E-state index in [1.54, 1.807) is 48.5 Å². The smallest absolute Gasteiger partial charge is 0.269 e. The van der Waals surface area contributed by atoms with Gasteiger partial charge in [-0.3, -0.25) is 19.7 Å². The van der Waals surface area contributed by atoms with Crippen LogP contribution < -0.4 is 9.80 Å². The first-order chi connectivity index (χ1) is 23.0. The zero-order valence-electron chi connectivity index (χ0n) is 25.1. The van der Waals surface area contributed by atoms with Crippen LogP contribution >= 0.6 is 11.8 Å². The molecule has 1 fully saturated rings. The first-order valence-corrected chi connectivity index (χ1v) is 15.9. The van der Waals surface area contributed by atoms with Gasteiger partial charge in [0.25, 0.3) is 5.69 Å². The Bertz CT molecular complexity index is 1970. The molecule has 230 valence electrons. The number of para-hydroxylation sites is 2. The number of aliphatic imine (C=N–C) groups is 1. The number of hydrogen-bond donors (Lipinski definition) is 0. The average Bonchev–Trinajstić information content (AvgIpc) is 3.68. The Hall–Kier alpha value is -5.80. The number of ketones is 2. The summed E-state index contributed by atoms with van der Waals surface area (Å²) in [7, 11) is 0. The number of hydrogen-bond acceptors (Lipinski definition) is 8. The fourth-order valence-electron chi connectivity index (χ4n) is 6.24. The summed E-state index contributed by atoms with van der Waals surface area (Å²) in [6, 6.07) is 43.6. The molecule has 47 heavy (non-hydrogen) atoms. The molecule has 0 N–H and O–H groups in total. The van der Waals surface area contributed by atoms with E-state index in [1.165, 1.54) is 23.9 Å². The summed E-state index contributed by atoms with van der Waals surface area (Å²) < 4.78 is 0. The summed E-state index contributed by atoms with van der Waals surface area (Å²) in [6.07, 6.45) is 0. The number of nitrogens with zero attached hydrogens (tertiary/aromatic N) is 4. The van der Waals surface area contributed by atoms with Crippen molar-refractivity contribution in [3.05, 3.63) is 177 Å². The summed E-state index contributed by atoms with van der Waals surface area (Å²) in [5, 5.41) is 11.9. The van der Waals surface area contributed by atoms with E-state index in [1.807, 2.05) is 84.9 Å². The van der Waals surface area contributed by atoms with Crippen molar-refractivity contribution in [2.45, 2.75) is 5.66 Å². The van der Waals surface area contributed by atoms with Gasteiger partial charge in [0.15, 0.2) is 17.2 Å². The minimum Gasteiger partial charge on any atom is -0.337 e. The number of rotatable bonds is 8.